The Bertz CT molecular complexity index is 11200. The van der Waals surface area contributed by atoms with E-state index in [9.17, 15) is 15.8 Å². The van der Waals surface area contributed by atoms with Gasteiger partial charge in [0.1, 0.15) is 23.8 Å². The van der Waals surface area contributed by atoms with E-state index < -0.39 is 0 Å². The van der Waals surface area contributed by atoms with Crippen LogP contribution in [-0.2, 0) is 0 Å². The summed E-state index contributed by atoms with van der Waals surface area (Å²) in [4.78, 5) is 20.0. The van der Waals surface area contributed by atoms with Gasteiger partial charge in [-0.2, -0.15) is 15.8 Å². The van der Waals surface area contributed by atoms with Crippen molar-refractivity contribution in [1.29, 1.82) is 15.8 Å². The lowest BCUT2D eigenvalue weighted by Crippen LogP contribution is -2.04. The average Bonchev–Trinajstić information content (AvgIpc) is 1.58. The average molecular weight is 1910 g/mol. The fourth-order valence-electron chi connectivity index (χ4n) is 23.6. The molecule has 13 nitrogen and oxygen atoms in total. The molecule has 9 heterocycles. The van der Waals surface area contributed by atoms with Gasteiger partial charge in [-0.25, -0.2) is 19.9 Å². The molecule has 0 fully saturated rings. The van der Waals surface area contributed by atoms with Crippen LogP contribution in [0.15, 0.2) is 491 Å². The Morgan fingerprint density at radius 2 is 0.513 bits per heavy atom. The molecule has 0 aliphatic heterocycles. The number of nitrogens with zero attached hydrogens (tertiary/aromatic N) is 13. The summed E-state index contributed by atoms with van der Waals surface area (Å²) in [7, 11) is 0. The quantitative estimate of drug-likeness (QED) is 0.132. The highest BCUT2D eigenvalue weighted by molar-refractivity contribution is 6.26. The number of nitriles is 3. The Labute approximate surface area is 858 Å². The van der Waals surface area contributed by atoms with Gasteiger partial charge in [0.15, 0.2) is 5.69 Å². The van der Waals surface area contributed by atoms with Crippen LogP contribution in [0.3, 0.4) is 0 Å². The van der Waals surface area contributed by atoms with Crippen molar-refractivity contribution in [1.82, 2.24) is 47.3 Å². The third-order valence-electron chi connectivity index (χ3n) is 30.2. The first-order valence-corrected chi connectivity index (χ1v) is 50.3. The summed E-state index contributed by atoms with van der Waals surface area (Å²) in [6.45, 7) is 0. The first kappa shape index (κ1) is 85.8. The van der Waals surface area contributed by atoms with Crippen molar-refractivity contribution in [2.45, 2.75) is 0 Å². The first-order valence-electron chi connectivity index (χ1n) is 50.3. The maximum Gasteiger partial charge on any atom is 0.236 e. The standard InChI is InChI=1S/C50H30N4.C44H26N4.C43H25N5/c51-31-42-38-19-9-11-21-43(38)52-50(48(42)33-14-3-1-4-15-33)54-44-22-12-10-20-39(44)41-29-34(25-27-45(41)54)35-23-26-40-47(30-35)53(36-16-5-2-6-17-36)46-28-24-32-13-7-8-18-37(32)49(40)46;45-27-31-26-43(46-38-16-8-6-13-33(31)38)48-39-17-9-7-15-35(39)37-24-29(20-22-40(37)48)30-18-21-36-42(25-30)47(32-11-2-1-3-12-32)41-23-19-28-10-4-5-14-34(28)44(36)41;44-26-37-33-15-6-8-16-36(33)45-43(46-37)48-38-17-9-7-14-32(38)34-24-28(19-21-39(34)48)29-20-22-40-35(25-29)42-31-13-5-4-10-27(31)18-23-41(42)47(40)30-11-2-1-3-12-30/h1-30H;1-26H;1-25H. The number of aromatic nitrogens is 10. The molecule has 0 aliphatic carbocycles. The fraction of sp³-hybridized carbons (Fsp3) is 0. The summed E-state index contributed by atoms with van der Waals surface area (Å²) in [6.07, 6.45) is 0. The molecule has 0 aliphatic rings. The maximum absolute atomic E-state index is 10.7. The lowest BCUT2D eigenvalue weighted by Gasteiger charge is -2.16. The molecule has 0 saturated heterocycles. The van der Waals surface area contributed by atoms with Gasteiger partial charge in [0.05, 0.1) is 99.9 Å². The van der Waals surface area contributed by atoms with Crippen LogP contribution in [0.2, 0.25) is 0 Å². The molecule has 13 heteroatoms. The van der Waals surface area contributed by atoms with Crippen LogP contribution in [0.1, 0.15) is 16.8 Å². The number of rotatable bonds is 10. The molecule has 0 saturated carbocycles. The predicted molar refractivity (Wildman–Crippen MR) is 617 cm³/mol. The molecular formula is C137H81N13. The number of fused-ring (bicyclic) bond motifs is 27. The normalized spacial score (nSPS) is 11.7. The van der Waals surface area contributed by atoms with Gasteiger partial charge in [-0.1, -0.05) is 328 Å². The summed E-state index contributed by atoms with van der Waals surface area (Å²) in [6, 6.07) is 180. The minimum atomic E-state index is 0.369. The molecule has 0 radical (unpaired) electrons. The molecule has 694 valence electrons. The highest BCUT2D eigenvalue weighted by Gasteiger charge is 2.28. The molecule has 31 aromatic rings. The number of hydrogen-bond acceptors (Lipinski definition) is 7. The fourth-order valence-corrected chi connectivity index (χ4v) is 23.6. The van der Waals surface area contributed by atoms with Gasteiger partial charge in [-0.3, -0.25) is 13.7 Å². The summed E-state index contributed by atoms with van der Waals surface area (Å²) >= 11 is 0. The van der Waals surface area contributed by atoms with Gasteiger partial charge in [-0.15, -0.1) is 0 Å². The molecule has 150 heavy (non-hydrogen) atoms. The number of benzene rings is 22. The third-order valence-corrected chi connectivity index (χ3v) is 30.2. The van der Waals surface area contributed by atoms with E-state index in [0.717, 1.165) is 171 Å². The van der Waals surface area contributed by atoms with Crippen molar-refractivity contribution in [3.05, 3.63) is 508 Å². The van der Waals surface area contributed by atoms with Gasteiger partial charge in [-0.05, 0) is 235 Å². The maximum atomic E-state index is 10.7. The van der Waals surface area contributed by atoms with Crippen molar-refractivity contribution in [2.75, 3.05) is 0 Å². The molecule has 0 bridgehead atoms. The minimum Gasteiger partial charge on any atom is -0.309 e. The van der Waals surface area contributed by atoms with Crippen LogP contribution in [-0.4, -0.2) is 47.3 Å². The minimum absolute atomic E-state index is 0.369. The van der Waals surface area contributed by atoms with E-state index in [-0.39, 0.29) is 0 Å². The van der Waals surface area contributed by atoms with Gasteiger partial charge < -0.3 is 13.7 Å². The molecule has 9 aromatic heterocycles. The zero-order valence-electron chi connectivity index (χ0n) is 80.6. The monoisotopic (exact) mass is 1910 g/mol. The molecule has 0 atom stereocenters. The highest BCUT2D eigenvalue weighted by Crippen LogP contribution is 2.48. The van der Waals surface area contributed by atoms with E-state index in [1.807, 2.05) is 103 Å². The van der Waals surface area contributed by atoms with Crippen molar-refractivity contribution < 1.29 is 0 Å². The third kappa shape index (κ3) is 13.6. The summed E-state index contributed by atoms with van der Waals surface area (Å²) < 4.78 is 13.7. The summed E-state index contributed by atoms with van der Waals surface area (Å²) in [5.41, 5.74) is 29.3. The lowest BCUT2D eigenvalue weighted by atomic mass is 9.97. The van der Waals surface area contributed by atoms with E-state index in [1.54, 1.807) is 0 Å². The smallest absolute Gasteiger partial charge is 0.236 e. The van der Waals surface area contributed by atoms with Crippen molar-refractivity contribution in [3.8, 4) is 97.4 Å². The van der Waals surface area contributed by atoms with Gasteiger partial charge >= 0.3 is 0 Å². The van der Waals surface area contributed by atoms with E-state index in [1.165, 1.54) is 97.7 Å². The molecule has 0 spiro atoms. The number of para-hydroxylation sites is 9. The lowest BCUT2D eigenvalue weighted by molar-refractivity contribution is 1.00. The SMILES string of the molecule is N#Cc1c(-c2ccccc2)c(-n2c3ccccc3c3cc(-c4ccc5c6c7ccccc7ccc6n(-c6ccccc6)c5c4)ccc32)nc2ccccc12.N#Cc1cc(-n2c3ccccc3c3cc(-c4ccc5c6c7ccccc7ccc6n(-c6ccccc6)c5c4)ccc32)nc2ccccc12.N#Cc1nc(-n2c3ccccc3c3cc(-c4ccc5c(c4)c4c6ccccc6ccc4n5-c4ccccc4)ccc32)nc2ccccc12. The zero-order valence-corrected chi connectivity index (χ0v) is 80.6. The van der Waals surface area contributed by atoms with E-state index >= 15 is 0 Å². The second kappa shape index (κ2) is 34.7. The molecule has 0 N–H and O–H groups in total. The Morgan fingerprint density at radius 3 is 0.980 bits per heavy atom. The van der Waals surface area contributed by atoms with Gasteiger partial charge in [0, 0.05) is 103 Å². The van der Waals surface area contributed by atoms with Crippen LogP contribution in [0, 0.1) is 34.0 Å². The number of hydrogen-bond donors (Lipinski definition) is 0. The Hall–Kier alpha value is -20.9. The molecule has 0 amide bonds. The Morgan fingerprint density at radius 1 is 0.180 bits per heavy atom. The second-order valence-corrected chi connectivity index (χ2v) is 38.3. The molecular weight excluding hydrogens is 1830 g/mol. The van der Waals surface area contributed by atoms with Crippen LogP contribution in [0.5, 0.6) is 0 Å². The molecule has 22 aromatic carbocycles. The van der Waals surface area contributed by atoms with Gasteiger partial charge in [0.2, 0.25) is 5.95 Å². The topological polar surface area (TPSA) is 153 Å². The van der Waals surface area contributed by atoms with E-state index in [2.05, 4.69) is 434 Å². The van der Waals surface area contributed by atoms with E-state index in [0.29, 0.717) is 22.8 Å². The van der Waals surface area contributed by atoms with Crippen LogP contribution >= 0.6 is 0 Å². The highest BCUT2D eigenvalue weighted by atomic mass is 15.2. The van der Waals surface area contributed by atoms with Crippen molar-refractivity contribution >= 4 is 196 Å². The van der Waals surface area contributed by atoms with Crippen molar-refractivity contribution in [2.24, 2.45) is 0 Å². The summed E-state index contributed by atoms with van der Waals surface area (Å²) in [5.74, 6) is 1.98. The molecule has 31 rings (SSSR count). The zero-order chi connectivity index (χ0) is 99.3. The first-order chi connectivity index (χ1) is 74.3. The van der Waals surface area contributed by atoms with E-state index in [4.69, 9.17) is 19.9 Å². The summed E-state index contributed by atoms with van der Waals surface area (Å²) in [5, 5.41) is 54.9. The van der Waals surface area contributed by atoms with Gasteiger partial charge in [0.25, 0.3) is 0 Å². The largest absolute Gasteiger partial charge is 0.309 e. The second-order valence-electron chi connectivity index (χ2n) is 38.3. The van der Waals surface area contributed by atoms with Crippen LogP contribution in [0.25, 0.3) is 275 Å². The Kier molecular flexibility index (Phi) is 19.8. The predicted octanol–water partition coefficient (Wildman–Crippen LogP) is 34.4. The van der Waals surface area contributed by atoms with Crippen LogP contribution in [0.4, 0.5) is 0 Å². The number of pyridine rings is 2. The van der Waals surface area contributed by atoms with Crippen molar-refractivity contribution in [3.63, 3.8) is 0 Å². The Balaban J connectivity index is 0.000000106. The van der Waals surface area contributed by atoms with Crippen LogP contribution < -0.4 is 0 Å². The molecule has 0 unspecified atom stereocenters.